The number of Topliss-reactive ketones (excluding diaryl/α,β-unsaturated/α-hetero) is 3. The lowest BCUT2D eigenvalue weighted by molar-refractivity contribution is -0.144. The van der Waals surface area contributed by atoms with E-state index in [9.17, 15) is 34.8 Å². The van der Waals surface area contributed by atoms with Crippen molar-refractivity contribution in [2.45, 2.75) is 73.6 Å². The van der Waals surface area contributed by atoms with Gasteiger partial charge >= 0.3 is 0 Å². The highest BCUT2D eigenvalue weighted by atomic mass is 16.3. The maximum Gasteiger partial charge on any atom is 0.175 e. The van der Waals surface area contributed by atoms with Crippen LogP contribution in [0.1, 0.15) is 89.6 Å². The van der Waals surface area contributed by atoms with Crippen LogP contribution in [0.15, 0.2) is 17.4 Å². The van der Waals surface area contributed by atoms with Gasteiger partial charge in [-0.3, -0.25) is 14.4 Å². The molecule has 1 aliphatic rings. The first-order valence-corrected chi connectivity index (χ1v) is 10.9. The number of phenols is 3. The molecule has 0 spiro atoms. The summed E-state index contributed by atoms with van der Waals surface area (Å²) < 4.78 is 0. The predicted octanol–water partition coefficient (Wildman–Crippen LogP) is 4.93. The number of hydrogen-bond acceptors (Lipinski definition) is 7. The van der Waals surface area contributed by atoms with E-state index in [2.05, 4.69) is 0 Å². The molecule has 7 nitrogen and oxygen atoms in total. The quantitative estimate of drug-likeness (QED) is 0.345. The summed E-state index contributed by atoms with van der Waals surface area (Å²) in [5, 5.41) is 43.0. The molecule has 0 bridgehead atoms. The summed E-state index contributed by atoms with van der Waals surface area (Å²) in [5.74, 6) is -4.67. The molecule has 2 rings (SSSR count). The number of phenolic OH excluding ortho intramolecular Hbond substituents is 3. The highest BCUT2D eigenvalue weighted by Crippen LogP contribution is 2.52. The molecule has 0 heterocycles. The van der Waals surface area contributed by atoms with Gasteiger partial charge in [-0.15, -0.1) is 0 Å². The van der Waals surface area contributed by atoms with E-state index in [1.54, 1.807) is 6.92 Å². The van der Waals surface area contributed by atoms with Crippen molar-refractivity contribution < 1.29 is 34.8 Å². The molecule has 0 saturated heterocycles. The zero-order valence-electron chi connectivity index (χ0n) is 19.9. The average molecular weight is 447 g/mol. The van der Waals surface area contributed by atoms with Gasteiger partial charge in [0.05, 0.1) is 10.8 Å². The van der Waals surface area contributed by atoms with Crippen LogP contribution in [0.4, 0.5) is 0 Å². The Labute approximate surface area is 188 Å². The summed E-state index contributed by atoms with van der Waals surface area (Å²) in [4.78, 5) is 38.9. The largest absolute Gasteiger partial charge is 0.511 e. The van der Waals surface area contributed by atoms with E-state index < -0.39 is 57.1 Å². The molecule has 1 aromatic rings. The van der Waals surface area contributed by atoms with Crippen LogP contribution in [0.5, 0.6) is 17.2 Å². The first kappa shape index (κ1) is 25.4. The van der Waals surface area contributed by atoms with Crippen LogP contribution in [0, 0.1) is 16.7 Å². The van der Waals surface area contributed by atoms with E-state index in [-0.39, 0.29) is 35.5 Å². The molecule has 0 saturated carbocycles. The third-order valence-electron chi connectivity index (χ3n) is 6.25. The minimum atomic E-state index is -1.43. The Hall–Kier alpha value is -2.83. The van der Waals surface area contributed by atoms with E-state index in [4.69, 9.17) is 0 Å². The Morgan fingerprint density at radius 1 is 0.969 bits per heavy atom. The van der Waals surface area contributed by atoms with Crippen LogP contribution < -0.4 is 0 Å². The molecule has 7 heteroatoms. The third kappa shape index (κ3) is 4.00. The Morgan fingerprint density at radius 2 is 1.53 bits per heavy atom. The minimum absolute atomic E-state index is 0.0423. The summed E-state index contributed by atoms with van der Waals surface area (Å²) in [7, 11) is 0. The maximum absolute atomic E-state index is 13.4. The van der Waals surface area contributed by atoms with Gasteiger partial charge in [-0.25, -0.2) is 0 Å². The van der Waals surface area contributed by atoms with Crippen molar-refractivity contribution in [1.82, 2.24) is 0 Å². The fraction of sp³-hybridized carbons (Fsp3) is 0.560. The Balaban J connectivity index is 2.91. The molecule has 0 aromatic heterocycles. The topological polar surface area (TPSA) is 132 Å². The fourth-order valence-electron chi connectivity index (χ4n) is 4.57. The van der Waals surface area contributed by atoms with Crippen molar-refractivity contribution in [3.05, 3.63) is 28.5 Å². The molecule has 1 aliphatic carbocycles. The summed E-state index contributed by atoms with van der Waals surface area (Å²) in [6.45, 7) is 11.6. The average Bonchev–Trinajstić information content (AvgIpc) is 2.65. The second-order valence-corrected chi connectivity index (χ2v) is 10.1. The van der Waals surface area contributed by atoms with Crippen molar-refractivity contribution in [2.24, 2.45) is 16.7 Å². The Bertz CT molecular complexity index is 996. The summed E-state index contributed by atoms with van der Waals surface area (Å²) in [6.07, 6.45) is 0.790. The van der Waals surface area contributed by atoms with Crippen molar-refractivity contribution >= 4 is 17.3 Å². The van der Waals surface area contributed by atoms with E-state index in [0.29, 0.717) is 6.42 Å². The first-order valence-electron chi connectivity index (χ1n) is 10.9. The number of aromatic hydroxyl groups is 3. The molecule has 0 unspecified atom stereocenters. The molecule has 1 atom stereocenters. The molecule has 176 valence electrons. The van der Waals surface area contributed by atoms with Gasteiger partial charge < -0.3 is 20.4 Å². The minimum Gasteiger partial charge on any atom is -0.511 e. The van der Waals surface area contributed by atoms with Gasteiger partial charge in [-0.05, 0) is 46.5 Å². The van der Waals surface area contributed by atoms with Crippen LogP contribution in [-0.4, -0.2) is 37.8 Å². The van der Waals surface area contributed by atoms with Gasteiger partial charge in [-0.2, -0.15) is 0 Å². The summed E-state index contributed by atoms with van der Waals surface area (Å²) in [5.41, 5.74) is -3.30. The van der Waals surface area contributed by atoms with Gasteiger partial charge in [-0.1, -0.05) is 20.8 Å². The zero-order valence-corrected chi connectivity index (χ0v) is 19.9. The lowest BCUT2D eigenvalue weighted by Gasteiger charge is -2.41. The normalized spacial score (nSPS) is 18.9. The van der Waals surface area contributed by atoms with E-state index in [1.807, 2.05) is 13.8 Å². The highest BCUT2D eigenvalue weighted by Gasteiger charge is 2.55. The standard InChI is InChI=1S/C25H34O7/c1-8-9-14(26)19-16(28)11-15(27)17(20(19)29)13(10-12(2)3)18-21(30)24(4,5)23(32)25(6,7)22(18)31/h11-13,27-30H,8-10H2,1-7H3/t13-/m1/s1. The lowest BCUT2D eigenvalue weighted by atomic mass is 9.60. The van der Waals surface area contributed by atoms with Gasteiger partial charge in [0.15, 0.2) is 17.3 Å². The number of ketones is 3. The van der Waals surface area contributed by atoms with E-state index in [1.165, 1.54) is 27.7 Å². The van der Waals surface area contributed by atoms with Crippen molar-refractivity contribution in [3.63, 3.8) is 0 Å². The molecule has 32 heavy (non-hydrogen) atoms. The van der Waals surface area contributed by atoms with Crippen molar-refractivity contribution in [3.8, 4) is 17.2 Å². The lowest BCUT2D eigenvalue weighted by Crippen LogP contribution is -2.49. The maximum atomic E-state index is 13.4. The number of allylic oxidation sites excluding steroid dienone is 2. The van der Waals surface area contributed by atoms with Gasteiger partial charge in [0.1, 0.15) is 28.6 Å². The molecular formula is C25H34O7. The molecule has 0 fully saturated rings. The third-order valence-corrected chi connectivity index (χ3v) is 6.25. The van der Waals surface area contributed by atoms with Crippen molar-refractivity contribution in [2.75, 3.05) is 0 Å². The number of aliphatic hydroxyl groups excluding tert-OH is 1. The van der Waals surface area contributed by atoms with Gasteiger partial charge in [0.25, 0.3) is 0 Å². The number of rotatable bonds is 7. The number of carbonyl (C=O) groups excluding carboxylic acids is 3. The highest BCUT2D eigenvalue weighted by molar-refractivity contribution is 6.19. The zero-order chi connectivity index (χ0) is 24.8. The molecule has 0 amide bonds. The number of benzene rings is 1. The monoisotopic (exact) mass is 446 g/mol. The fourth-order valence-corrected chi connectivity index (χ4v) is 4.57. The Kier molecular flexibility index (Phi) is 6.84. The molecule has 0 aliphatic heterocycles. The number of aliphatic hydroxyl groups is 1. The number of carbonyl (C=O) groups is 3. The van der Waals surface area contributed by atoms with Crippen LogP contribution in [0.2, 0.25) is 0 Å². The van der Waals surface area contributed by atoms with E-state index in [0.717, 1.165) is 6.07 Å². The van der Waals surface area contributed by atoms with Crippen LogP contribution in [0.25, 0.3) is 0 Å². The second-order valence-electron chi connectivity index (χ2n) is 10.1. The second kappa shape index (κ2) is 8.60. The smallest absolute Gasteiger partial charge is 0.175 e. The number of hydrogen-bond donors (Lipinski definition) is 4. The van der Waals surface area contributed by atoms with Crippen LogP contribution in [-0.2, 0) is 9.59 Å². The van der Waals surface area contributed by atoms with Crippen molar-refractivity contribution in [1.29, 1.82) is 0 Å². The summed E-state index contributed by atoms with van der Waals surface area (Å²) in [6, 6.07) is 0.970. The van der Waals surface area contributed by atoms with Gasteiger partial charge in [0, 0.05) is 29.5 Å². The summed E-state index contributed by atoms with van der Waals surface area (Å²) >= 11 is 0. The van der Waals surface area contributed by atoms with Crippen LogP contribution in [0.3, 0.4) is 0 Å². The Morgan fingerprint density at radius 3 is 2.03 bits per heavy atom. The molecular weight excluding hydrogens is 412 g/mol. The molecule has 0 radical (unpaired) electrons. The van der Waals surface area contributed by atoms with Crippen LogP contribution >= 0.6 is 0 Å². The van der Waals surface area contributed by atoms with E-state index >= 15 is 0 Å². The first-order chi connectivity index (χ1) is 14.6. The predicted molar refractivity (Wildman–Crippen MR) is 120 cm³/mol. The SMILES string of the molecule is CCCC(=O)c1c(O)cc(O)c([C@@H](CC(C)C)C2=C(O)C(C)(C)C(=O)C(C)(C)C2=O)c1O. The molecule has 1 aromatic carbocycles. The van der Waals surface area contributed by atoms with Gasteiger partial charge in [0.2, 0.25) is 0 Å². The molecule has 4 N–H and O–H groups in total.